The zero-order valence-corrected chi connectivity index (χ0v) is 15.9. The van der Waals surface area contributed by atoms with Gasteiger partial charge in [-0.1, -0.05) is 46.5 Å². The first-order valence-electron chi connectivity index (χ1n) is 6.47. The fourth-order valence-electron chi connectivity index (χ4n) is 1.24. The molecule has 0 aliphatic heterocycles. The van der Waals surface area contributed by atoms with Crippen LogP contribution in [-0.2, 0) is 19.7 Å². The molecule has 2 atom stereocenters. The molecule has 0 saturated carbocycles. The second-order valence-electron chi connectivity index (χ2n) is 4.60. The maximum atomic E-state index is 10.2. The van der Waals surface area contributed by atoms with Gasteiger partial charge >= 0.3 is 41.5 Å². The molecule has 3 N–H and O–H groups in total. The number of carboxylic acid groups (broad SMARTS) is 2. The van der Waals surface area contributed by atoms with Gasteiger partial charge in [-0.05, 0) is 5.92 Å². The molecular weight excluding hydrogens is 311 g/mol. The largest absolute Gasteiger partial charge is 1.00 e. The Morgan fingerprint density at radius 3 is 1.86 bits per heavy atom. The van der Waals surface area contributed by atoms with Crippen molar-refractivity contribution < 1.29 is 63.8 Å². The summed E-state index contributed by atoms with van der Waals surface area (Å²) in [5.74, 6) is -2.55. The predicted molar refractivity (Wildman–Crippen MR) is 75.3 cm³/mol. The maximum absolute atomic E-state index is 10.2. The summed E-state index contributed by atoms with van der Waals surface area (Å²) in [5.41, 5.74) is 0. The second kappa shape index (κ2) is 13.5. The average Bonchev–Trinajstić information content (AvgIpc) is 2.31. The number of aliphatic carboxylic acids is 2. The second-order valence-corrected chi connectivity index (χ2v) is 6.19. The Kier molecular flexibility index (Phi) is 16.6. The summed E-state index contributed by atoms with van der Waals surface area (Å²) in [7, 11) is -4.84. The van der Waals surface area contributed by atoms with Crippen LogP contribution in [-0.4, -0.2) is 40.4 Å². The zero-order valence-electron chi connectivity index (χ0n) is 14.1. The van der Waals surface area contributed by atoms with Crippen LogP contribution in [0.4, 0.5) is 0 Å². The molecule has 0 aromatic heterocycles. The van der Waals surface area contributed by atoms with Crippen molar-refractivity contribution in [2.75, 3.05) is 0 Å². The molecule has 9 heteroatoms. The van der Waals surface area contributed by atoms with Gasteiger partial charge in [-0.15, -0.1) is 0 Å². The summed E-state index contributed by atoms with van der Waals surface area (Å²) >= 11 is 0. The van der Waals surface area contributed by atoms with Crippen molar-refractivity contribution in [3.8, 4) is 0 Å². The molecule has 0 fully saturated rings. The zero-order chi connectivity index (χ0) is 16.3. The molecule has 0 bridgehead atoms. The molecule has 0 rings (SSSR count). The minimum absolute atomic E-state index is 0. The molecule has 122 valence electrons. The molecule has 0 aliphatic carbocycles. The van der Waals surface area contributed by atoms with Gasteiger partial charge in [0.05, 0.1) is 6.42 Å². The van der Waals surface area contributed by atoms with E-state index in [4.69, 9.17) is 14.8 Å². The van der Waals surface area contributed by atoms with Crippen molar-refractivity contribution >= 4 is 22.1 Å². The van der Waals surface area contributed by atoms with Crippen LogP contribution in [0, 0.1) is 5.92 Å². The van der Waals surface area contributed by atoms with Gasteiger partial charge in [0.1, 0.15) is 0 Å². The maximum Gasteiger partial charge on any atom is 1.00 e. The number of hydrogen-bond donors (Lipinski definition) is 3. The first-order chi connectivity index (χ1) is 9.06. The third-order valence-electron chi connectivity index (χ3n) is 2.74. The fraction of sp³-hybridized carbons (Fsp3) is 0.833. The van der Waals surface area contributed by atoms with E-state index in [9.17, 15) is 18.0 Å². The molecule has 21 heavy (non-hydrogen) atoms. The van der Waals surface area contributed by atoms with Gasteiger partial charge in [0, 0.05) is 0 Å². The molecule has 2 unspecified atom stereocenters. The van der Waals surface area contributed by atoms with Gasteiger partial charge in [0.2, 0.25) is 0 Å². The van der Waals surface area contributed by atoms with Crippen molar-refractivity contribution in [3.05, 3.63) is 0 Å². The van der Waals surface area contributed by atoms with Gasteiger partial charge < -0.3 is 11.6 Å². The van der Waals surface area contributed by atoms with Crippen LogP contribution in [0.3, 0.4) is 0 Å². The Balaban J connectivity index is -0.000000144. The van der Waals surface area contributed by atoms with Crippen LogP contribution < -0.4 is 29.6 Å². The van der Waals surface area contributed by atoms with Gasteiger partial charge in [0.15, 0.2) is 5.25 Å². The summed E-state index contributed by atoms with van der Waals surface area (Å²) in [6, 6.07) is 0. The monoisotopic (exact) mass is 336 g/mol. The normalized spacial score (nSPS) is 13.1. The number of hydrogen-bond acceptors (Lipinski definition) is 4. The van der Waals surface area contributed by atoms with E-state index in [0.717, 1.165) is 5.92 Å². The van der Waals surface area contributed by atoms with E-state index < -0.39 is 33.7 Å². The van der Waals surface area contributed by atoms with Crippen LogP contribution in [0.5, 0.6) is 0 Å². The average molecular weight is 336 g/mol. The summed E-state index contributed by atoms with van der Waals surface area (Å²) in [5, 5.41) is 13.9. The Labute approximate surface area is 149 Å². The fourth-order valence-corrected chi connectivity index (χ4v) is 1.84. The molecule has 0 amide bonds. The summed E-state index contributed by atoms with van der Waals surface area (Å²) in [6.45, 7) is 6.85. The van der Waals surface area contributed by atoms with Gasteiger partial charge in [-0.2, -0.15) is 8.42 Å². The SMILES string of the molecule is CCCCC(C)CC.O=C(O)CC(C(=O)O)S(=O)(=O)O.[H-].[Na+]. The van der Waals surface area contributed by atoms with Gasteiger partial charge in [0.25, 0.3) is 10.1 Å². The third-order valence-corrected chi connectivity index (χ3v) is 3.83. The molecule has 0 spiro atoms. The van der Waals surface area contributed by atoms with E-state index in [1.165, 1.54) is 25.7 Å². The minimum atomic E-state index is -4.84. The van der Waals surface area contributed by atoms with E-state index >= 15 is 0 Å². The van der Waals surface area contributed by atoms with Gasteiger partial charge in [-0.25, -0.2) is 0 Å². The third kappa shape index (κ3) is 16.1. The first kappa shape index (κ1) is 25.8. The summed E-state index contributed by atoms with van der Waals surface area (Å²) < 4.78 is 28.7. The van der Waals surface area contributed by atoms with Crippen molar-refractivity contribution in [2.45, 2.75) is 58.1 Å². The van der Waals surface area contributed by atoms with Crippen molar-refractivity contribution in [1.82, 2.24) is 0 Å². The minimum Gasteiger partial charge on any atom is -1.00 e. The Morgan fingerprint density at radius 1 is 1.19 bits per heavy atom. The Bertz CT molecular complexity index is 400. The molecule has 0 radical (unpaired) electrons. The summed E-state index contributed by atoms with van der Waals surface area (Å²) in [4.78, 5) is 20.0. The molecule has 0 aliphatic rings. The number of carbonyl (C=O) groups is 2. The van der Waals surface area contributed by atoms with E-state index in [0.29, 0.717) is 0 Å². The predicted octanol–water partition coefficient (Wildman–Crippen LogP) is -0.859. The van der Waals surface area contributed by atoms with E-state index in [1.807, 2.05) is 0 Å². The summed E-state index contributed by atoms with van der Waals surface area (Å²) in [6.07, 6.45) is 4.38. The topological polar surface area (TPSA) is 129 Å². The van der Waals surface area contributed by atoms with Crippen LogP contribution in [0.15, 0.2) is 0 Å². The van der Waals surface area contributed by atoms with E-state index in [-0.39, 0.29) is 31.0 Å². The number of unbranched alkanes of at least 4 members (excludes halogenated alkanes) is 1. The molecule has 7 nitrogen and oxygen atoms in total. The van der Waals surface area contributed by atoms with E-state index in [2.05, 4.69) is 20.8 Å². The van der Waals surface area contributed by atoms with E-state index in [1.54, 1.807) is 0 Å². The number of carboxylic acids is 2. The molecule has 0 aromatic rings. The van der Waals surface area contributed by atoms with Crippen LogP contribution >= 0.6 is 0 Å². The van der Waals surface area contributed by atoms with Crippen molar-refractivity contribution in [1.29, 1.82) is 0 Å². The number of rotatable bonds is 8. The first-order valence-corrected chi connectivity index (χ1v) is 7.97. The van der Waals surface area contributed by atoms with Crippen molar-refractivity contribution in [2.24, 2.45) is 5.92 Å². The van der Waals surface area contributed by atoms with Crippen molar-refractivity contribution in [3.63, 3.8) is 0 Å². The van der Waals surface area contributed by atoms with Gasteiger partial charge in [-0.3, -0.25) is 14.1 Å². The smallest absolute Gasteiger partial charge is 1.00 e. The van der Waals surface area contributed by atoms with Crippen LogP contribution in [0.2, 0.25) is 0 Å². The Morgan fingerprint density at radius 2 is 1.67 bits per heavy atom. The Hall–Kier alpha value is -0.150. The molecule has 0 saturated heterocycles. The quantitative estimate of drug-likeness (QED) is 0.388. The van der Waals surface area contributed by atoms with Crippen LogP contribution in [0.1, 0.15) is 54.3 Å². The standard InChI is InChI=1S/C8H18.C4H6O7S.Na.H/c1-4-6-7-8(3)5-2;5-3(6)1-2(4(7)8)12(9,10)11;;/h8H,4-7H2,1-3H3;2H,1H2,(H,5,6)(H,7,8)(H,9,10,11);;/q;;+1;-1. The molecular formula is C12H25NaO7S. The molecule has 0 heterocycles. The molecule has 0 aromatic carbocycles. The van der Waals surface area contributed by atoms with Crippen LogP contribution in [0.25, 0.3) is 0 Å².